The van der Waals surface area contributed by atoms with Crippen LogP contribution in [0.25, 0.3) is 11.4 Å². The van der Waals surface area contributed by atoms with Gasteiger partial charge >= 0.3 is 0 Å². The molecule has 4 fully saturated rings. The van der Waals surface area contributed by atoms with E-state index in [1.54, 1.807) is 0 Å². The second-order valence-electron chi connectivity index (χ2n) is 8.24. The Morgan fingerprint density at radius 2 is 1.76 bits per heavy atom. The number of carbonyl (C=O) groups excluding carboxylic acids is 1. The van der Waals surface area contributed by atoms with Crippen LogP contribution in [-0.4, -0.2) is 26.0 Å². The van der Waals surface area contributed by atoms with Gasteiger partial charge in [-0.3, -0.25) is 4.79 Å². The largest absolute Gasteiger partial charge is 0.297 e. The fourth-order valence-corrected chi connectivity index (χ4v) is 6.27. The standard InChI is InChI=1S/C19H21BrN4O/c20-16-4-2-1-3-15(16)18-21-23-24(22-18)11-17(25)19-8-12-5-13(9-19)7-14(6-12)10-19/h1-4,12-14H,5-11H2. The summed E-state index contributed by atoms with van der Waals surface area (Å²) >= 11 is 3.52. The van der Waals surface area contributed by atoms with Crippen LogP contribution in [0.1, 0.15) is 38.5 Å². The van der Waals surface area contributed by atoms with Gasteiger partial charge in [0.2, 0.25) is 5.82 Å². The van der Waals surface area contributed by atoms with E-state index in [9.17, 15) is 4.79 Å². The zero-order valence-corrected chi connectivity index (χ0v) is 15.7. The molecule has 1 aromatic heterocycles. The predicted octanol–water partition coefficient (Wildman–Crippen LogP) is 3.89. The van der Waals surface area contributed by atoms with Gasteiger partial charge in [0.15, 0.2) is 5.78 Å². The highest BCUT2D eigenvalue weighted by atomic mass is 79.9. The summed E-state index contributed by atoms with van der Waals surface area (Å²) in [5, 5.41) is 12.7. The van der Waals surface area contributed by atoms with Crippen molar-refractivity contribution >= 4 is 21.7 Å². The lowest BCUT2D eigenvalue weighted by molar-refractivity contribution is -0.145. The fourth-order valence-electron chi connectivity index (χ4n) is 5.81. The lowest BCUT2D eigenvalue weighted by Crippen LogP contribution is -2.50. The maximum absolute atomic E-state index is 13.1. The molecule has 0 aliphatic heterocycles. The second kappa shape index (κ2) is 5.73. The Balaban J connectivity index is 1.36. The van der Waals surface area contributed by atoms with Crippen molar-refractivity contribution in [2.24, 2.45) is 23.2 Å². The molecule has 2 aromatic rings. The number of aromatic nitrogens is 4. The maximum atomic E-state index is 13.1. The monoisotopic (exact) mass is 400 g/mol. The number of tetrazole rings is 1. The Hall–Kier alpha value is -1.56. The number of nitrogens with zero attached hydrogens (tertiary/aromatic N) is 4. The molecular weight excluding hydrogens is 380 g/mol. The Morgan fingerprint density at radius 3 is 2.40 bits per heavy atom. The minimum absolute atomic E-state index is 0.101. The summed E-state index contributed by atoms with van der Waals surface area (Å²) in [4.78, 5) is 14.6. The third-order valence-corrected chi connectivity index (χ3v) is 7.17. The molecule has 0 unspecified atom stereocenters. The third kappa shape index (κ3) is 2.65. The molecule has 5 nitrogen and oxygen atoms in total. The van der Waals surface area contributed by atoms with E-state index < -0.39 is 0 Å². The number of halogens is 1. The number of benzene rings is 1. The summed E-state index contributed by atoms with van der Waals surface area (Å²) in [6.07, 6.45) is 7.30. The molecule has 130 valence electrons. The molecule has 1 heterocycles. The average Bonchev–Trinajstić information content (AvgIpc) is 3.02. The fraction of sp³-hybridized carbons (Fsp3) is 0.579. The first-order valence-electron chi connectivity index (χ1n) is 9.17. The van der Waals surface area contributed by atoms with Crippen molar-refractivity contribution in [3.05, 3.63) is 28.7 Å². The Kier molecular flexibility index (Phi) is 3.59. The molecule has 4 bridgehead atoms. The highest BCUT2D eigenvalue weighted by Crippen LogP contribution is 2.60. The molecule has 6 rings (SSSR count). The van der Waals surface area contributed by atoms with E-state index in [1.807, 2.05) is 24.3 Å². The normalized spacial score (nSPS) is 32.9. The van der Waals surface area contributed by atoms with Gasteiger partial charge in [-0.15, -0.1) is 10.2 Å². The van der Waals surface area contributed by atoms with Crippen molar-refractivity contribution in [2.75, 3.05) is 0 Å². The first-order chi connectivity index (χ1) is 12.1. The molecule has 0 amide bonds. The van der Waals surface area contributed by atoms with Crippen molar-refractivity contribution < 1.29 is 4.79 Å². The summed E-state index contributed by atoms with van der Waals surface area (Å²) in [7, 11) is 0. The van der Waals surface area contributed by atoms with E-state index >= 15 is 0 Å². The van der Waals surface area contributed by atoms with Crippen LogP contribution in [-0.2, 0) is 11.3 Å². The summed E-state index contributed by atoms with van der Waals surface area (Å²) in [6, 6.07) is 7.80. The molecule has 0 N–H and O–H groups in total. The van der Waals surface area contributed by atoms with Crippen LogP contribution in [0.4, 0.5) is 0 Å². The van der Waals surface area contributed by atoms with Gasteiger partial charge in [-0.2, -0.15) is 4.80 Å². The van der Waals surface area contributed by atoms with Gasteiger partial charge in [-0.25, -0.2) is 0 Å². The van der Waals surface area contributed by atoms with Gasteiger partial charge in [0.05, 0.1) is 0 Å². The average molecular weight is 401 g/mol. The molecule has 4 saturated carbocycles. The van der Waals surface area contributed by atoms with Crippen LogP contribution in [0, 0.1) is 23.2 Å². The number of Topliss-reactive ketones (excluding diaryl/α,β-unsaturated/α-hetero) is 1. The van der Waals surface area contributed by atoms with Crippen molar-refractivity contribution in [3.8, 4) is 11.4 Å². The first-order valence-corrected chi connectivity index (χ1v) is 9.97. The van der Waals surface area contributed by atoms with Crippen LogP contribution in [0.3, 0.4) is 0 Å². The molecule has 25 heavy (non-hydrogen) atoms. The van der Waals surface area contributed by atoms with Crippen LogP contribution in [0.5, 0.6) is 0 Å². The highest BCUT2D eigenvalue weighted by Gasteiger charge is 2.54. The van der Waals surface area contributed by atoms with Gasteiger partial charge < -0.3 is 0 Å². The predicted molar refractivity (Wildman–Crippen MR) is 96.6 cm³/mol. The summed E-state index contributed by atoms with van der Waals surface area (Å²) in [6.45, 7) is 0.254. The van der Waals surface area contributed by atoms with E-state index in [1.165, 1.54) is 24.1 Å². The molecule has 6 heteroatoms. The van der Waals surface area contributed by atoms with Crippen molar-refractivity contribution in [1.82, 2.24) is 20.2 Å². The summed E-state index contributed by atoms with van der Waals surface area (Å²) in [5.74, 6) is 3.20. The first kappa shape index (κ1) is 15.7. The SMILES string of the molecule is O=C(Cn1nnc(-c2ccccc2Br)n1)C12CC3CC(CC(C3)C1)C2. The summed E-state index contributed by atoms with van der Waals surface area (Å²) < 4.78 is 0.932. The second-order valence-corrected chi connectivity index (χ2v) is 9.10. The van der Waals surface area contributed by atoms with Gasteiger partial charge in [0.25, 0.3) is 0 Å². The van der Waals surface area contributed by atoms with Crippen molar-refractivity contribution in [2.45, 2.75) is 45.1 Å². The molecule has 0 spiro atoms. The maximum Gasteiger partial charge on any atom is 0.206 e. The third-order valence-electron chi connectivity index (χ3n) is 6.48. The minimum atomic E-state index is -0.101. The molecule has 0 atom stereocenters. The number of carbonyl (C=O) groups is 1. The van der Waals surface area contributed by atoms with Gasteiger partial charge in [-0.05, 0) is 73.6 Å². The number of hydrogen-bond donors (Lipinski definition) is 0. The van der Waals surface area contributed by atoms with E-state index in [4.69, 9.17) is 0 Å². The number of rotatable bonds is 4. The quantitative estimate of drug-likeness (QED) is 0.780. The van der Waals surface area contributed by atoms with Gasteiger partial charge in [-0.1, -0.05) is 28.1 Å². The minimum Gasteiger partial charge on any atom is -0.297 e. The van der Waals surface area contributed by atoms with Gasteiger partial charge in [0, 0.05) is 15.5 Å². The lowest BCUT2D eigenvalue weighted by atomic mass is 9.48. The number of ketones is 1. The van der Waals surface area contributed by atoms with E-state index in [-0.39, 0.29) is 12.0 Å². The van der Waals surface area contributed by atoms with Crippen LogP contribution >= 0.6 is 15.9 Å². The van der Waals surface area contributed by atoms with Crippen LogP contribution < -0.4 is 0 Å². The summed E-state index contributed by atoms with van der Waals surface area (Å²) in [5.41, 5.74) is 0.798. The van der Waals surface area contributed by atoms with Crippen molar-refractivity contribution in [1.29, 1.82) is 0 Å². The van der Waals surface area contributed by atoms with Gasteiger partial charge in [0.1, 0.15) is 6.54 Å². The smallest absolute Gasteiger partial charge is 0.206 e. The van der Waals surface area contributed by atoms with Crippen LogP contribution in [0.2, 0.25) is 0 Å². The molecule has 1 aromatic carbocycles. The Labute approximate surface area is 155 Å². The highest BCUT2D eigenvalue weighted by molar-refractivity contribution is 9.10. The number of hydrogen-bond acceptors (Lipinski definition) is 4. The zero-order valence-electron chi connectivity index (χ0n) is 14.1. The molecule has 4 aliphatic carbocycles. The molecular formula is C19H21BrN4O. The van der Waals surface area contributed by atoms with E-state index in [0.29, 0.717) is 11.6 Å². The lowest BCUT2D eigenvalue weighted by Gasteiger charge is -2.55. The zero-order chi connectivity index (χ0) is 17.0. The molecule has 4 aliphatic rings. The topological polar surface area (TPSA) is 60.7 Å². The van der Waals surface area contributed by atoms with Crippen molar-refractivity contribution in [3.63, 3.8) is 0 Å². The molecule has 0 saturated heterocycles. The van der Waals surface area contributed by atoms with E-state index in [2.05, 4.69) is 31.3 Å². The van der Waals surface area contributed by atoms with Crippen LogP contribution in [0.15, 0.2) is 28.7 Å². The van der Waals surface area contributed by atoms with E-state index in [0.717, 1.165) is 47.1 Å². The Morgan fingerprint density at radius 1 is 1.12 bits per heavy atom. The molecule has 0 radical (unpaired) electrons. The Bertz CT molecular complexity index is 795.